The number of hydrogen-bond acceptors (Lipinski definition) is 10. The Balaban J connectivity index is 1.05. The Bertz CT molecular complexity index is 2570. The molecule has 6 heterocycles. The lowest BCUT2D eigenvalue weighted by molar-refractivity contribution is -0.136. The lowest BCUT2D eigenvalue weighted by atomic mass is 10.0. The molecule has 0 aliphatic carbocycles. The summed E-state index contributed by atoms with van der Waals surface area (Å²) in [6.07, 6.45) is 5.74. The fourth-order valence-electron chi connectivity index (χ4n) is 9.19. The maximum Gasteiger partial charge on any atom is 0.407 e. The minimum absolute atomic E-state index is 0.134. The SMILES string of the molecule is COC(=O)N[C@H](C(=O)N1CCC[C@H]1c1ncc(-c2ccc3c(c2)OC(CCC#N)n2c-3cc3cc(-c4cnc([C@@H]5CCCN5C(=O)[C@@H](NC(=O)OC)C(C)C)[nH]4)ccc32)[nH]1)C(C)C. The predicted molar refractivity (Wildman–Crippen MR) is 233 cm³/mol. The van der Waals surface area contributed by atoms with Gasteiger partial charge in [0, 0.05) is 48.0 Å². The van der Waals surface area contributed by atoms with Gasteiger partial charge in [0.2, 0.25) is 11.8 Å². The van der Waals surface area contributed by atoms with E-state index in [1.807, 2.05) is 52.0 Å². The number of hydrogen-bond donors (Lipinski definition) is 4. The number of carbonyl (C=O) groups excluding carboxylic acids is 4. The van der Waals surface area contributed by atoms with Crippen molar-refractivity contribution in [1.29, 1.82) is 5.26 Å². The van der Waals surface area contributed by atoms with Crippen molar-refractivity contribution in [3.63, 3.8) is 0 Å². The molecule has 2 aromatic carbocycles. The first-order valence-electron chi connectivity index (χ1n) is 21.6. The topological polar surface area (TPSA) is 213 Å². The van der Waals surface area contributed by atoms with Gasteiger partial charge in [-0.15, -0.1) is 0 Å². The molecule has 0 radical (unpaired) electrons. The first kappa shape index (κ1) is 42.8. The molecule has 0 saturated carbocycles. The van der Waals surface area contributed by atoms with Gasteiger partial charge in [0.05, 0.1) is 67.4 Å². The van der Waals surface area contributed by atoms with Crippen LogP contribution in [0.2, 0.25) is 0 Å². The number of imidazole rings is 2. The first-order chi connectivity index (χ1) is 30.4. The summed E-state index contributed by atoms with van der Waals surface area (Å²) < 4.78 is 18.4. The molecule has 63 heavy (non-hydrogen) atoms. The van der Waals surface area contributed by atoms with Crippen LogP contribution in [0.15, 0.2) is 54.9 Å². The molecule has 330 valence electrons. The maximum atomic E-state index is 13.7. The highest BCUT2D eigenvalue weighted by molar-refractivity contribution is 5.92. The van der Waals surface area contributed by atoms with Crippen LogP contribution in [0.4, 0.5) is 9.59 Å². The van der Waals surface area contributed by atoms with Crippen LogP contribution in [0.3, 0.4) is 0 Å². The molecular weight excluding hydrogens is 805 g/mol. The predicted octanol–water partition coefficient (Wildman–Crippen LogP) is 7.37. The van der Waals surface area contributed by atoms with Crippen LogP contribution >= 0.6 is 0 Å². The molecule has 4 amide bonds. The molecule has 17 heteroatoms. The van der Waals surface area contributed by atoms with Gasteiger partial charge >= 0.3 is 12.2 Å². The number of alkyl carbamates (subject to hydrolysis) is 2. The van der Waals surface area contributed by atoms with Crippen LogP contribution < -0.4 is 15.4 Å². The molecule has 0 spiro atoms. The minimum atomic E-state index is -0.728. The van der Waals surface area contributed by atoms with Crippen molar-refractivity contribution < 1.29 is 33.4 Å². The van der Waals surface area contributed by atoms with Crippen molar-refractivity contribution in [3.8, 4) is 45.6 Å². The van der Waals surface area contributed by atoms with Gasteiger partial charge in [-0.1, -0.05) is 39.8 Å². The molecule has 3 aromatic heterocycles. The summed E-state index contributed by atoms with van der Waals surface area (Å²) in [6.45, 7) is 8.68. The monoisotopic (exact) mass is 858 g/mol. The average molecular weight is 859 g/mol. The number of benzene rings is 2. The largest absolute Gasteiger partial charge is 0.469 e. The quantitative estimate of drug-likeness (QED) is 0.0978. The van der Waals surface area contributed by atoms with Crippen molar-refractivity contribution in [2.24, 2.45) is 11.8 Å². The van der Waals surface area contributed by atoms with Crippen LogP contribution in [-0.4, -0.2) is 97.7 Å². The molecule has 5 aromatic rings. The van der Waals surface area contributed by atoms with E-state index in [0.29, 0.717) is 43.3 Å². The summed E-state index contributed by atoms with van der Waals surface area (Å²) in [4.78, 5) is 71.6. The van der Waals surface area contributed by atoms with Gasteiger partial charge in [0.25, 0.3) is 0 Å². The summed E-state index contributed by atoms with van der Waals surface area (Å²) >= 11 is 0. The highest BCUT2D eigenvalue weighted by atomic mass is 16.5. The van der Waals surface area contributed by atoms with Crippen LogP contribution in [0.1, 0.15) is 96.2 Å². The van der Waals surface area contributed by atoms with Crippen molar-refractivity contribution in [3.05, 3.63) is 66.5 Å². The molecule has 2 fully saturated rings. The molecule has 1 unspecified atom stereocenters. The van der Waals surface area contributed by atoms with E-state index in [1.54, 1.807) is 22.2 Å². The second kappa shape index (κ2) is 17.9. The Morgan fingerprint density at radius 1 is 0.810 bits per heavy atom. The highest BCUT2D eigenvalue weighted by Crippen LogP contribution is 2.46. The lowest BCUT2D eigenvalue weighted by Crippen LogP contribution is -2.51. The second-order valence-electron chi connectivity index (χ2n) is 17.1. The smallest absolute Gasteiger partial charge is 0.407 e. The molecule has 17 nitrogen and oxygen atoms in total. The van der Waals surface area contributed by atoms with Crippen molar-refractivity contribution in [2.75, 3.05) is 27.3 Å². The second-order valence-corrected chi connectivity index (χ2v) is 17.1. The summed E-state index contributed by atoms with van der Waals surface area (Å²) in [7, 11) is 2.56. The Morgan fingerprint density at radius 2 is 1.35 bits per heavy atom. The number of carbonyl (C=O) groups is 4. The molecule has 5 atom stereocenters. The number of rotatable bonds is 12. The van der Waals surface area contributed by atoms with Crippen molar-refractivity contribution in [2.45, 2.75) is 96.6 Å². The number of ether oxygens (including phenoxy) is 3. The number of nitrogens with one attached hydrogen (secondary N) is 4. The Hall–Kier alpha value is -6.83. The van der Waals surface area contributed by atoms with E-state index in [9.17, 15) is 24.4 Å². The van der Waals surface area contributed by atoms with Crippen LogP contribution in [0.25, 0.3) is 44.7 Å². The van der Waals surface area contributed by atoms with Gasteiger partial charge in [-0.3, -0.25) is 9.59 Å². The highest BCUT2D eigenvalue weighted by Gasteiger charge is 2.39. The maximum absolute atomic E-state index is 13.7. The number of aromatic nitrogens is 5. The third kappa shape index (κ3) is 8.29. The summed E-state index contributed by atoms with van der Waals surface area (Å²) in [5.41, 5.74) is 6.21. The van der Waals surface area contributed by atoms with Gasteiger partial charge in [-0.2, -0.15) is 5.26 Å². The van der Waals surface area contributed by atoms with E-state index in [4.69, 9.17) is 24.2 Å². The zero-order chi connectivity index (χ0) is 44.5. The van der Waals surface area contributed by atoms with Crippen molar-refractivity contribution >= 4 is 34.9 Å². The van der Waals surface area contributed by atoms with E-state index >= 15 is 0 Å². The fourth-order valence-corrected chi connectivity index (χ4v) is 9.19. The molecule has 3 aliphatic heterocycles. The number of fused-ring (bicyclic) bond motifs is 5. The third-order valence-corrected chi connectivity index (χ3v) is 12.4. The fraction of sp³-hybridized carbons (Fsp3) is 0.457. The van der Waals surface area contributed by atoms with Crippen LogP contribution in [0, 0.1) is 23.2 Å². The number of nitrogens with zero attached hydrogens (tertiary/aromatic N) is 6. The number of H-pyrrole nitrogens is 2. The van der Waals surface area contributed by atoms with Gasteiger partial charge in [0.1, 0.15) is 29.5 Å². The van der Waals surface area contributed by atoms with Gasteiger partial charge in [-0.25, -0.2) is 19.6 Å². The summed E-state index contributed by atoms with van der Waals surface area (Å²) in [6, 6.07) is 14.7. The van der Waals surface area contributed by atoms with E-state index in [-0.39, 0.29) is 35.7 Å². The normalized spacial score (nSPS) is 19.0. The minimum Gasteiger partial charge on any atom is -0.469 e. The molecule has 3 aliphatic rings. The van der Waals surface area contributed by atoms with Crippen LogP contribution in [-0.2, 0) is 19.1 Å². The molecule has 8 rings (SSSR count). The van der Waals surface area contributed by atoms with Gasteiger partial charge < -0.3 is 49.2 Å². The molecule has 2 saturated heterocycles. The number of nitriles is 1. The molecule has 0 bridgehead atoms. The zero-order valence-electron chi connectivity index (χ0n) is 36.4. The lowest BCUT2D eigenvalue weighted by Gasteiger charge is -2.30. The number of aromatic amines is 2. The van der Waals surface area contributed by atoms with E-state index in [0.717, 1.165) is 70.4 Å². The number of likely N-dealkylation sites (tertiary alicyclic amines) is 2. The molecule has 4 N–H and O–H groups in total. The standard InChI is InChI=1S/C46H54N10O7/c1-25(2)39(52-45(59)61-5)43(57)54-18-8-10-34(54)41-48-23-31(50-41)27-14-16-33-29(20-27)21-36-30-15-13-28(22-37(30)63-38(56(33)36)12-7-17-47)32-24-49-42(51-32)35-11-9-19-55(35)44(58)40(26(3)4)53-46(60)62-6/h13-16,20-26,34-35,38-40H,7-12,18-19H2,1-6H3,(H,48,50)(H,49,51)(H,52,59)(H,53,60)/t34-,35-,38?,39-,40-/m0/s1. The summed E-state index contributed by atoms with van der Waals surface area (Å²) in [5.74, 6) is 1.43. The summed E-state index contributed by atoms with van der Waals surface area (Å²) in [5, 5.41) is 16.0. The van der Waals surface area contributed by atoms with E-state index in [1.165, 1.54) is 14.2 Å². The van der Waals surface area contributed by atoms with E-state index in [2.05, 4.69) is 49.4 Å². The van der Waals surface area contributed by atoms with Crippen LogP contribution in [0.5, 0.6) is 5.75 Å². The Kier molecular flexibility index (Phi) is 12.2. The Morgan fingerprint density at radius 3 is 1.87 bits per heavy atom. The van der Waals surface area contributed by atoms with Gasteiger partial charge in [-0.05, 0) is 67.9 Å². The van der Waals surface area contributed by atoms with Gasteiger partial charge in [0.15, 0.2) is 6.23 Å². The van der Waals surface area contributed by atoms with E-state index < -0.39 is 30.5 Å². The molecular formula is C46H54N10O7. The third-order valence-electron chi connectivity index (χ3n) is 12.4. The number of methoxy groups -OCH3 is 2. The average Bonchev–Trinajstić information content (AvgIpc) is 4.14. The Labute approximate surface area is 365 Å². The number of amides is 4. The first-order valence-corrected chi connectivity index (χ1v) is 21.6. The zero-order valence-corrected chi connectivity index (χ0v) is 36.4. The van der Waals surface area contributed by atoms with Crippen molar-refractivity contribution in [1.82, 2.24) is 44.9 Å².